The molecule has 0 aliphatic carbocycles. The van der Waals surface area contributed by atoms with Crippen LogP contribution in [0.2, 0.25) is 0 Å². The Hall–Kier alpha value is -4.39. The number of nitrogens with zero attached hydrogens (tertiary/aromatic N) is 2. The van der Waals surface area contributed by atoms with E-state index >= 15 is 0 Å². The number of amides is 2. The minimum Gasteiger partial charge on any atom is -0.496 e. The van der Waals surface area contributed by atoms with Gasteiger partial charge in [-0.05, 0) is 36.4 Å². The van der Waals surface area contributed by atoms with E-state index in [9.17, 15) is 9.59 Å². The van der Waals surface area contributed by atoms with Gasteiger partial charge in [-0.25, -0.2) is 0 Å². The molecule has 1 heterocycles. The van der Waals surface area contributed by atoms with Crippen LogP contribution in [0.3, 0.4) is 0 Å². The Bertz CT molecular complexity index is 1250. The molecule has 0 atom stereocenters. The van der Waals surface area contributed by atoms with Gasteiger partial charge in [-0.3, -0.25) is 14.3 Å². The van der Waals surface area contributed by atoms with Gasteiger partial charge in [0.15, 0.2) is 0 Å². The third kappa shape index (κ3) is 4.52. The molecule has 4 aromatic rings. The number of hydrogen-bond acceptors (Lipinski definition) is 4. The van der Waals surface area contributed by atoms with E-state index < -0.39 is 0 Å². The van der Waals surface area contributed by atoms with Crippen LogP contribution in [0.4, 0.5) is 11.5 Å². The predicted molar refractivity (Wildman–Crippen MR) is 124 cm³/mol. The van der Waals surface area contributed by atoms with Crippen LogP contribution in [0.5, 0.6) is 5.75 Å². The molecule has 1 aromatic heterocycles. The molecule has 0 fully saturated rings. The summed E-state index contributed by atoms with van der Waals surface area (Å²) in [4.78, 5) is 25.0. The zero-order valence-electron chi connectivity index (χ0n) is 17.7. The van der Waals surface area contributed by atoms with Crippen molar-refractivity contribution >= 4 is 23.3 Å². The van der Waals surface area contributed by atoms with Gasteiger partial charge < -0.3 is 15.4 Å². The van der Waals surface area contributed by atoms with Crippen molar-refractivity contribution < 1.29 is 14.3 Å². The van der Waals surface area contributed by atoms with Gasteiger partial charge in [0.2, 0.25) is 0 Å². The molecule has 3 aromatic carbocycles. The van der Waals surface area contributed by atoms with E-state index in [1.807, 2.05) is 48.5 Å². The highest BCUT2D eigenvalue weighted by Crippen LogP contribution is 2.25. The van der Waals surface area contributed by atoms with Crippen molar-refractivity contribution in [3.05, 3.63) is 96.1 Å². The SMILES string of the molecule is COc1ccccc1C(=O)Nc1cc(-c2ccc(NC(=O)c3ccccc3)cc2)nn1C. The predicted octanol–water partition coefficient (Wildman–Crippen LogP) is 4.60. The van der Waals surface area contributed by atoms with Gasteiger partial charge in [0.05, 0.1) is 18.4 Å². The maximum atomic E-state index is 12.7. The molecule has 0 bridgehead atoms. The molecule has 0 aliphatic heterocycles. The monoisotopic (exact) mass is 426 g/mol. The molecule has 0 spiro atoms. The molecule has 0 aliphatic rings. The van der Waals surface area contributed by atoms with Crippen molar-refractivity contribution in [2.45, 2.75) is 0 Å². The lowest BCUT2D eigenvalue weighted by Crippen LogP contribution is -2.15. The summed E-state index contributed by atoms with van der Waals surface area (Å²) in [5, 5.41) is 10.2. The summed E-state index contributed by atoms with van der Waals surface area (Å²) in [5.74, 6) is 0.603. The van der Waals surface area contributed by atoms with Crippen molar-refractivity contribution in [3.63, 3.8) is 0 Å². The van der Waals surface area contributed by atoms with Crippen LogP contribution < -0.4 is 15.4 Å². The summed E-state index contributed by atoms with van der Waals surface area (Å²) in [5.41, 5.74) is 3.27. The molecular weight excluding hydrogens is 404 g/mol. The fraction of sp³-hybridized carbons (Fsp3) is 0.0800. The number of hydrogen-bond donors (Lipinski definition) is 2. The molecule has 7 heteroatoms. The Morgan fingerprint density at radius 2 is 1.53 bits per heavy atom. The number of ether oxygens (including phenoxy) is 1. The average Bonchev–Trinajstić information content (AvgIpc) is 3.20. The maximum Gasteiger partial charge on any atom is 0.260 e. The van der Waals surface area contributed by atoms with Crippen LogP contribution in [0.25, 0.3) is 11.3 Å². The fourth-order valence-electron chi connectivity index (χ4n) is 3.26. The van der Waals surface area contributed by atoms with Gasteiger partial charge in [0.1, 0.15) is 11.6 Å². The largest absolute Gasteiger partial charge is 0.496 e. The lowest BCUT2D eigenvalue weighted by atomic mass is 10.1. The maximum absolute atomic E-state index is 12.7. The van der Waals surface area contributed by atoms with Crippen molar-refractivity contribution in [1.29, 1.82) is 0 Å². The lowest BCUT2D eigenvalue weighted by Gasteiger charge is -2.08. The lowest BCUT2D eigenvalue weighted by molar-refractivity contribution is 0.101. The van der Waals surface area contributed by atoms with Gasteiger partial charge in [-0.1, -0.05) is 42.5 Å². The van der Waals surface area contributed by atoms with E-state index in [4.69, 9.17) is 4.74 Å². The Morgan fingerprint density at radius 1 is 0.844 bits per heavy atom. The van der Waals surface area contributed by atoms with Gasteiger partial charge in [-0.15, -0.1) is 0 Å². The number of benzene rings is 3. The summed E-state index contributed by atoms with van der Waals surface area (Å²) in [7, 11) is 3.29. The fourth-order valence-corrected chi connectivity index (χ4v) is 3.26. The molecule has 0 saturated heterocycles. The second-order valence-electron chi connectivity index (χ2n) is 7.09. The van der Waals surface area contributed by atoms with E-state index in [-0.39, 0.29) is 11.8 Å². The molecule has 0 radical (unpaired) electrons. The first-order valence-electron chi connectivity index (χ1n) is 10.0. The normalized spacial score (nSPS) is 10.4. The number of anilines is 2. The molecule has 2 amide bonds. The van der Waals surface area contributed by atoms with Crippen molar-refractivity contribution in [2.75, 3.05) is 17.7 Å². The molecule has 2 N–H and O–H groups in total. The number of para-hydroxylation sites is 1. The van der Waals surface area contributed by atoms with Crippen molar-refractivity contribution in [3.8, 4) is 17.0 Å². The van der Waals surface area contributed by atoms with Crippen LogP contribution in [0.1, 0.15) is 20.7 Å². The standard InChI is InChI=1S/C25H22N4O3/c1-29-23(27-25(31)20-10-6-7-11-22(20)32-2)16-21(28-29)17-12-14-19(15-13-17)26-24(30)18-8-4-3-5-9-18/h3-16H,1-2H3,(H,26,30)(H,27,31). The minimum atomic E-state index is -0.282. The first-order valence-corrected chi connectivity index (χ1v) is 10.0. The molecule has 160 valence electrons. The number of carbonyl (C=O) groups excluding carboxylic acids is 2. The number of aryl methyl sites for hydroxylation is 1. The summed E-state index contributed by atoms with van der Waals surface area (Å²) in [6.07, 6.45) is 0. The average molecular weight is 426 g/mol. The number of aromatic nitrogens is 2. The first-order chi connectivity index (χ1) is 15.5. The summed E-state index contributed by atoms with van der Waals surface area (Å²) in [6, 6.07) is 25.2. The Kier molecular flexibility index (Phi) is 5.98. The quantitative estimate of drug-likeness (QED) is 0.472. The Morgan fingerprint density at radius 3 is 2.25 bits per heavy atom. The van der Waals surface area contributed by atoms with Crippen LogP contribution >= 0.6 is 0 Å². The van der Waals surface area contributed by atoms with Gasteiger partial charge in [-0.2, -0.15) is 5.10 Å². The topological polar surface area (TPSA) is 85.2 Å². The highest BCUT2D eigenvalue weighted by atomic mass is 16.5. The number of nitrogens with one attached hydrogen (secondary N) is 2. The Labute approximate surface area is 185 Å². The zero-order valence-corrected chi connectivity index (χ0v) is 17.7. The highest BCUT2D eigenvalue weighted by Gasteiger charge is 2.15. The van der Waals surface area contributed by atoms with Gasteiger partial charge in [0, 0.05) is 29.9 Å². The summed E-state index contributed by atoms with van der Waals surface area (Å²) in [6.45, 7) is 0. The third-order valence-electron chi connectivity index (χ3n) is 4.95. The second-order valence-corrected chi connectivity index (χ2v) is 7.09. The van der Waals surface area contributed by atoms with E-state index in [1.54, 1.807) is 48.1 Å². The molecule has 0 saturated carbocycles. The number of methoxy groups -OCH3 is 1. The minimum absolute atomic E-state index is 0.169. The Balaban J connectivity index is 1.47. The van der Waals surface area contributed by atoms with E-state index in [2.05, 4.69) is 15.7 Å². The number of rotatable bonds is 6. The molecule has 4 rings (SSSR count). The molecule has 7 nitrogen and oxygen atoms in total. The van der Waals surface area contributed by atoms with Crippen LogP contribution in [0.15, 0.2) is 84.9 Å². The zero-order chi connectivity index (χ0) is 22.5. The van der Waals surface area contributed by atoms with Crippen molar-refractivity contribution in [1.82, 2.24) is 9.78 Å². The molecule has 32 heavy (non-hydrogen) atoms. The summed E-state index contributed by atoms with van der Waals surface area (Å²) >= 11 is 0. The highest BCUT2D eigenvalue weighted by molar-refractivity contribution is 6.06. The third-order valence-corrected chi connectivity index (χ3v) is 4.95. The number of carbonyl (C=O) groups is 2. The van der Waals surface area contributed by atoms with E-state index in [0.29, 0.717) is 34.1 Å². The van der Waals surface area contributed by atoms with Gasteiger partial charge in [0.25, 0.3) is 11.8 Å². The smallest absolute Gasteiger partial charge is 0.260 e. The second kappa shape index (κ2) is 9.18. The molecular formula is C25H22N4O3. The van der Waals surface area contributed by atoms with Crippen LogP contribution in [0, 0.1) is 0 Å². The molecule has 0 unspecified atom stereocenters. The van der Waals surface area contributed by atoms with Gasteiger partial charge >= 0.3 is 0 Å². The summed E-state index contributed by atoms with van der Waals surface area (Å²) < 4.78 is 6.87. The van der Waals surface area contributed by atoms with Crippen LogP contribution in [-0.2, 0) is 7.05 Å². The van der Waals surface area contributed by atoms with Crippen LogP contribution in [-0.4, -0.2) is 28.7 Å². The van der Waals surface area contributed by atoms with E-state index in [0.717, 1.165) is 5.56 Å². The first kappa shape index (κ1) is 20.9. The van der Waals surface area contributed by atoms with E-state index in [1.165, 1.54) is 7.11 Å². The van der Waals surface area contributed by atoms with Crippen molar-refractivity contribution in [2.24, 2.45) is 7.05 Å².